The van der Waals surface area contributed by atoms with Crippen molar-refractivity contribution < 1.29 is 80.2 Å². The molecule has 0 aromatic heterocycles. The Morgan fingerprint density at radius 3 is 0.850 bits per heavy atom. The van der Waals surface area contributed by atoms with Gasteiger partial charge in [0.15, 0.2) is 12.2 Å². The second-order valence-electron chi connectivity index (χ2n) is 26.6. The first-order valence-corrected chi connectivity index (χ1v) is 42.8. The van der Waals surface area contributed by atoms with Gasteiger partial charge in [0.2, 0.25) is 0 Å². The van der Waals surface area contributed by atoms with Crippen LogP contribution in [0.5, 0.6) is 0 Å². The zero-order valence-electron chi connectivity index (χ0n) is 63.4. The highest BCUT2D eigenvalue weighted by Gasteiger charge is 2.30. The monoisotopic (exact) mass is 1450 g/mol. The highest BCUT2D eigenvalue weighted by Crippen LogP contribution is 2.45. The molecule has 19 heteroatoms. The summed E-state index contributed by atoms with van der Waals surface area (Å²) in [4.78, 5) is 72.9. The van der Waals surface area contributed by atoms with E-state index in [1.54, 1.807) is 0 Å². The molecule has 17 nitrogen and oxygen atoms in total. The minimum Gasteiger partial charge on any atom is -0.462 e. The first-order valence-electron chi connectivity index (χ1n) is 39.8. The standard InChI is InChI=1S/C81H144O17P2/c1-5-9-13-17-21-25-29-32-35-36-37-38-41-43-47-50-54-58-62-66-79(84)91-71-76(97-80(85)67-63-59-55-51-45-28-24-20-16-12-8-4)73-95-99(87,88)93-69-75(82)70-94-100(89,90)96-74-77(98-81(86)68-64-60-56-52-48-44-40-34-31-27-23-19-15-11-7-3)72-92-78(83)65-61-57-53-49-46-42-39-33-30-26-22-18-14-10-6-2/h9,13,20-21,24-25,32-33,35,37-39,43,47,75-77,82H,5-8,10-12,14-19,22-23,26-31,34,36,40-42,44-46,48-74H2,1-4H3,(H,87,88)(H,89,90)/b13-9-,24-20-,25-21-,35-32-,38-37-,39-33-,47-43-. The molecule has 0 spiro atoms. The summed E-state index contributed by atoms with van der Waals surface area (Å²) in [7, 11) is -9.95. The molecule has 0 saturated heterocycles. The van der Waals surface area contributed by atoms with Crippen LogP contribution in [0.2, 0.25) is 0 Å². The van der Waals surface area contributed by atoms with E-state index in [1.807, 2.05) is 0 Å². The average Bonchev–Trinajstić information content (AvgIpc) is 0.953. The van der Waals surface area contributed by atoms with Crippen molar-refractivity contribution in [1.82, 2.24) is 0 Å². The molecule has 580 valence electrons. The third-order valence-corrected chi connectivity index (χ3v) is 18.7. The zero-order valence-corrected chi connectivity index (χ0v) is 65.2. The molecule has 0 aliphatic carbocycles. The lowest BCUT2D eigenvalue weighted by molar-refractivity contribution is -0.161. The summed E-state index contributed by atoms with van der Waals surface area (Å²) < 4.78 is 68.5. The van der Waals surface area contributed by atoms with E-state index in [-0.39, 0.29) is 25.7 Å². The molecule has 5 unspecified atom stereocenters. The zero-order chi connectivity index (χ0) is 73.2. The Morgan fingerprint density at radius 2 is 0.530 bits per heavy atom. The quantitative estimate of drug-likeness (QED) is 0.0169. The van der Waals surface area contributed by atoms with Crippen LogP contribution in [0, 0.1) is 0 Å². The predicted octanol–water partition coefficient (Wildman–Crippen LogP) is 23.0. The Labute approximate surface area is 608 Å². The van der Waals surface area contributed by atoms with Crippen molar-refractivity contribution in [2.24, 2.45) is 0 Å². The molecule has 0 bridgehead atoms. The normalized spacial score (nSPS) is 14.3. The van der Waals surface area contributed by atoms with Gasteiger partial charge in [-0.15, -0.1) is 0 Å². The average molecular weight is 1450 g/mol. The van der Waals surface area contributed by atoms with Gasteiger partial charge in [-0.2, -0.15) is 0 Å². The molecule has 3 N–H and O–H groups in total. The number of aliphatic hydroxyl groups excluding tert-OH is 1. The number of hydrogen-bond donors (Lipinski definition) is 3. The lowest BCUT2D eigenvalue weighted by Crippen LogP contribution is -2.30. The lowest BCUT2D eigenvalue weighted by atomic mass is 10.0. The van der Waals surface area contributed by atoms with E-state index < -0.39 is 97.5 Å². The third kappa shape index (κ3) is 72.6. The molecular formula is C81H144O17P2. The summed E-state index contributed by atoms with van der Waals surface area (Å²) in [5.41, 5.74) is 0. The fourth-order valence-electron chi connectivity index (χ4n) is 10.8. The second-order valence-corrected chi connectivity index (χ2v) is 29.5. The van der Waals surface area contributed by atoms with Gasteiger partial charge in [-0.1, -0.05) is 293 Å². The first-order chi connectivity index (χ1) is 48.7. The number of carbonyl (C=O) groups is 4. The minimum atomic E-state index is -4.98. The molecule has 0 aromatic carbocycles. The maximum atomic E-state index is 13.1. The lowest BCUT2D eigenvalue weighted by Gasteiger charge is -2.21. The Hall–Kier alpha value is -3.76. The van der Waals surface area contributed by atoms with Crippen molar-refractivity contribution in [1.29, 1.82) is 0 Å². The minimum absolute atomic E-state index is 0.0777. The van der Waals surface area contributed by atoms with Crippen LogP contribution in [-0.4, -0.2) is 96.7 Å². The van der Waals surface area contributed by atoms with Gasteiger partial charge in [-0.25, -0.2) is 9.13 Å². The number of unbranched alkanes of at least 4 members (excludes halogenated alkanes) is 35. The van der Waals surface area contributed by atoms with Crippen molar-refractivity contribution in [3.63, 3.8) is 0 Å². The summed E-state index contributed by atoms with van der Waals surface area (Å²) in [6.45, 7) is 4.71. The third-order valence-electron chi connectivity index (χ3n) is 16.8. The van der Waals surface area contributed by atoms with Crippen molar-refractivity contribution >= 4 is 39.5 Å². The molecule has 100 heavy (non-hydrogen) atoms. The van der Waals surface area contributed by atoms with E-state index in [1.165, 1.54) is 116 Å². The van der Waals surface area contributed by atoms with Crippen molar-refractivity contribution in [2.45, 2.75) is 367 Å². The maximum Gasteiger partial charge on any atom is 0.472 e. The van der Waals surface area contributed by atoms with Crippen molar-refractivity contribution in [2.75, 3.05) is 39.6 Å². The molecular weight excluding hydrogens is 1310 g/mol. The van der Waals surface area contributed by atoms with Gasteiger partial charge in [0.25, 0.3) is 0 Å². The van der Waals surface area contributed by atoms with Gasteiger partial charge < -0.3 is 33.8 Å². The van der Waals surface area contributed by atoms with Crippen LogP contribution in [0.1, 0.15) is 349 Å². The van der Waals surface area contributed by atoms with Crippen LogP contribution in [0.3, 0.4) is 0 Å². The van der Waals surface area contributed by atoms with Crippen LogP contribution in [0.4, 0.5) is 0 Å². The Kier molecular flexibility index (Phi) is 70.8. The molecule has 0 heterocycles. The van der Waals surface area contributed by atoms with Crippen LogP contribution >= 0.6 is 15.6 Å². The van der Waals surface area contributed by atoms with E-state index in [4.69, 9.17) is 37.0 Å². The number of aliphatic hydroxyl groups is 1. The Morgan fingerprint density at radius 1 is 0.290 bits per heavy atom. The number of hydrogen-bond acceptors (Lipinski definition) is 15. The number of carbonyl (C=O) groups excluding carboxylic acids is 4. The van der Waals surface area contributed by atoms with Gasteiger partial charge in [0, 0.05) is 25.7 Å². The van der Waals surface area contributed by atoms with Gasteiger partial charge in [-0.3, -0.25) is 37.3 Å². The molecule has 0 radical (unpaired) electrons. The van der Waals surface area contributed by atoms with E-state index in [9.17, 15) is 43.2 Å². The van der Waals surface area contributed by atoms with E-state index in [0.717, 1.165) is 154 Å². The van der Waals surface area contributed by atoms with Gasteiger partial charge in [0.05, 0.1) is 26.4 Å². The predicted molar refractivity (Wildman–Crippen MR) is 409 cm³/mol. The molecule has 0 saturated carbocycles. The van der Waals surface area contributed by atoms with Gasteiger partial charge in [-0.05, 0) is 116 Å². The number of phosphoric ester groups is 2. The highest BCUT2D eigenvalue weighted by molar-refractivity contribution is 7.47. The number of esters is 4. The summed E-state index contributed by atoms with van der Waals surface area (Å²) in [6.07, 6.45) is 75.7. The number of ether oxygens (including phenoxy) is 4. The molecule has 5 atom stereocenters. The number of rotatable bonds is 75. The SMILES string of the molecule is CC/C=C\C/C=C\C/C=C\C/C=C\C/C=C\CCCCCC(=O)OCC(COP(=O)(O)OCC(O)COP(=O)(O)OCC(COC(=O)CCCCCCC/C=C\CCCCCCCC)OC(=O)CCCCCCCCCCCCCCCCC)OC(=O)CCCCCCC/C=C\CCCC. The molecule has 0 aromatic rings. The second kappa shape index (κ2) is 73.5. The van der Waals surface area contributed by atoms with E-state index in [2.05, 4.69) is 113 Å². The molecule has 0 aliphatic heterocycles. The van der Waals surface area contributed by atoms with Gasteiger partial charge in [0.1, 0.15) is 19.3 Å². The Balaban J connectivity index is 5.33. The largest absolute Gasteiger partial charge is 0.472 e. The van der Waals surface area contributed by atoms with Crippen LogP contribution < -0.4 is 0 Å². The summed E-state index contributed by atoms with van der Waals surface area (Å²) >= 11 is 0. The van der Waals surface area contributed by atoms with Gasteiger partial charge >= 0.3 is 39.5 Å². The van der Waals surface area contributed by atoms with Crippen molar-refractivity contribution in [3.8, 4) is 0 Å². The van der Waals surface area contributed by atoms with E-state index in [0.29, 0.717) is 25.7 Å². The summed E-state index contributed by atoms with van der Waals surface area (Å²) in [5.74, 6) is -2.21. The number of phosphoric acid groups is 2. The fraction of sp³-hybridized carbons (Fsp3) is 0.778. The molecule has 0 amide bonds. The van der Waals surface area contributed by atoms with Crippen LogP contribution in [0.15, 0.2) is 85.1 Å². The molecule has 0 rings (SSSR count). The summed E-state index contributed by atoms with van der Waals surface area (Å²) in [5, 5.41) is 10.6. The highest BCUT2D eigenvalue weighted by atomic mass is 31.2. The smallest absolute Gasteiger partial charge is 0.462 e. The van der Waals surface area contributed by atoms with Crippen LogP contribution in [-0.2, 0) is 65.4 Å². The maximum absolute atomic E-state index is 13.1. The topological polar surface area (TPSA) is 237 Å². The Bertz CT molecular complexity index is 2230. The van der Waals surface area contributed by atoms with Crippen molar-refractivity contribution in [3.05, 3.63) is 85.1 Å². The molecule has 0 aliphatic rings. The fourth-order valence-corrected chi connectivity index (χ4v) is 12.3. The number of allylic oxidation sites excluding steroid dienone is 14. The van der Waals surface area contributed by atoms with Crippen LogP contribution in [0.25, 0.3) is 0 Å². The summed E-state index contributed by atoms with van der Waals surface area (Å²) in [6, 6.07) is 0. The van der Waals surface area contributed by atoms with E-state index >= 15 is 0 Å². The first kappa shape index (κ1) is 96.2. The molecule has 0 fully saturated rings.